The van der Waals surface area contributed by atoms with Gasteiger partial charge in [-0.05, 0) is 61.4 Å². The summed E-state index contributed by atoms with van der Waals surface area (Å²) in [5, 5.41) is 24.2. The molecular formula is C25H23FN6O2. The third-order valence-corrected chi connectivity index (χ3v) is 6.81. The Balaban J connectivity index is 1.23. The number of aromatic nitrogens is 3. The minimum atomic E-state index is -0.489. The Kier molecular flexibility index (Phi) is 5.95. The van der Waals surface area contributed by atoms with Gasteiger partial charge in [-0.25, -0.2) is 9.45 Å². The highest BCUT2D eigenvalue weighted by molar-refractivity contribution is 5.78. The summed E-state index contributed by atoms with van der Waals surface area (Å²) in [5.74, 6) is -0.343. The summed E-state index contributed by atoms with van der Waals surface area (Å²) < 4.78 is 15.9. The summed E-state index contributed by atoms with van der Waals surface area (Å²) in [6.45, 7) is 1.10. The van der Waals surface area contributed by atoms with Crippen molar-refractivity contribution >= 4 is 16.9 Å². The summed E-state index contributed by atoms with van der Waals surface area (Å²) >= 11 is 0. The van der Waals surface area contributed by atoms with E-state index in [2.05, 4.69) is 16.2 Å². The first kappa shape index (κ1) is 22.0. The molecule has 0 N–H and O–H groups in total. The third kappa shape index (κ3) is 4.23. The molecule has 0 radical (unpaired) electrons. The molecule has 1 saturated carbocycles. The Morgan fingerprint density at radius 2 is 1.85 bits per heavy atom. The molecule has 1 atom stereocenters. The molecule has 0 spiro atoms. The number of amides is 1. The van der Waals surface area contributed by atoms with Crippen molar-refractivity contribution in [3.8, 4) is 12.1 Å². The quantitative estimate of drug-likeness (QED) is 0.584. The topological polar surface area (TPSA) is 108 Å². The average Bonchev–Trinajstić information content (AvgIpc) is 3.51. The highest BCUT2D eigenvalue weighted by atomic mass is 19.1. The second kappa shape index (κ2) is 9.20. The third-order valence-electron chi connectivity index (χ3n) is 6.81. The first-order valence-electron chi connectivity index (χ1n) is 11.4. The largest absolute Gasteiger partial charge is 0.272 e. The molecule has 0 bridgehead atoms. The molecule has 3 heterocycles. The summed E-state index contributed by atoms with van der Waals surface area (Å²) in [7, 11) is 0. The fourth-order valence-electron chi connectivity index (χ4n) is 5.04. The lowest BCUT2D eigenvalue weighted by molar-refractivity contribution is -0.183. The molecule has 34 heavy (non-hydrogen) atoms. The summed E-state index contributed by atoms with van der Waals surface area (Å²) in [6, 6.07) is 9.69. The molecule has 1 aromatic carbocycles. The molecule has 1 saturated heterocycles. The number of hydrogen-bond donors (Lipinski definition) is 0. The van der Waals surface area contributed by atoms with E-state index in [1.807, 2.05) is 10.8 Å². The molecule has 172 valence electrons. The van der Waals surface area contributed by atoms with Crippen molar-refractivity contribution in [1.29, 1.82) is 10.5 Å². The number of rotatable bonds is 4. The molecule has 2 aliphatic rings. The van der Waals surface area contributed by atoms with Crippen molar-refractivity contribution in [2.24, 2.45) is 11.8 Å². The lowest BCUT2D eigenvalue weighted by atomic mass is 9.81. The van der Waals surface area contributed by atoms with Gasteiger partial charge in [0.05, 0.1) is 41.6 Å². The molecule has 1 aliphatic carbocycles. The molecule has 2 fully saturated rings. The number of carbonyl (C=O) groups is 1. The number of hydrogen-bond acceptors (Lipinski definition) is 6. The van der Waals surface area contributed by atoms with Crippen LogP contribution in [0.1, 0.15) is 54.8 Å². The Morgan fingerprint density at radius 3 is 2.62 bits per heavy atom. The predicted octanol–water partition coefficient (Wildman–Crippen LogP) is 4.03. The summed E-state index contributed by atoms with van der Waals surface area (Å²) in [5.41, 5.74) is 2.93. The molecular weight excluding hydrogens is 435 g/mol. The van der Waals surface area contributed by atoms with Crippen LogP contribution in [0.3, 0.4) is 0 Å². The Labute approximate surface area is 196 Å². The van der Waals surface area contributed by atoms with Crippen molar-refractivity contribution in [1.82, 2.24) is 19.8 Å². The first-order valence-corrected chi connectivity index (χ1v) is 11.4. The van der Waals surface area contributed by atoms with Crippen LogP contribution in [-0.4, -0.2) is 32.3 Å². The smallest absolute Gasteiger partial charge is 0.249 e. The van der Waals surface area contributed by atoms with Crippen LogP contribution < -0.4 is 0 Å². The molecule has 1 amide bonds. The molecule has 9 heteroatoms. The van der Waals surface area contributed by atoms with Crippen LogP contribution in [0.25, 0.3) is 11.0 Å². The Bertz CT molecular complexity index is 1320. The van der Waals surface area contributed by atoms with Crippen LogP contribution in [0.15, 0.2) is 36.7 Å². The fraction of sp³-hybridized carbons (Fsp3) is 0.400. The zero-order valence-electron chi connectivity index (χ0n) is 18.5. The monoisotopic (exact) mass is 458 g/mol. The van der Waals surface area contributed by atoms with Crippen molar-refractivity contribution in [2.45, 2.75) is 44.7 Å². The van der Waals surface area contributed by atoms with E-state index >= 15 is 0 Å². The van der Waals surface area contributed by atoms with E-state index in [4.69, 9.17) is 15.4 Å². The highest BCUT2D eigenvalue weighted by Gasteiger charge is 2.37. The molecule has 3 aromatic rings. The molecule has 0 unspecified atom stereocenters. The average molecular weight is 458 g/mol. The highest BCUT2D eigenvalue weighted by Crippen LogP contribution is 2.37. The number of carbonyl (C=O) groups excluding carboxylic acids is 1. The SMILES string of the molecule is N#Cc1cc(F)cc([C@@H]2CCON2C(=O)C2CCC(Cn3ncc4ncc(C#N)cc43)CC2)c1. The van der Waals surface area contributed by atoms with Crippen molar-refractivity contribution in [3.05, 3.63) is 59.2 Å². The van der Waals surface area contributed by atoms with Gasteiger partial charge < -0.3 is 0 Å². The lowest BCUT2D eigenvalue weighted by Gasteiger charge is -2.32. The molecule has 5 rings (SSSR count). The van der Waals surface area contributed by atoms with Gasteiger partial charge in [0.15, 0.2) is 0 Å². The maximum atomic E-state index is 14.0. The summed E-state index contributed by atoms with van der Waals surface area (Å²) in [6.07, 6.45) is 7.05. The number of fused-ring (bicyclic) bond motifs is 1. The normalized spacial score (nSPS) is 22.4. The Morgan fingerprint density at radius 1 is 1.06 bits per heavy atom. The van der Waals surface area contributed by atoms with Gasteiger partial charge in [-0.15, -0.1) is 0 Å². The number of pyridine rings is 1. The van der Waals surface area contributed by atoms with E-state index < -0.39 is 5.82 Å². The van der Waals surface area contributed by atoms with E-state index in [-0.39, 0.29) is 23.4 Å². The number of halogens is 1. The van der Waals surface area contributed by atoms with Gasteiger partial charge in [0.2, 0.25) is 5.91 Å². The Hall–Kier alpha value is -3.82. The van der Waals surface area contributed by atoms with Crippen molar-refractivity contribution in [2.75, 3.05) is 6.61 Å². The molecule has 1 aliphatic heterocycles. The standard InChI is InChI=1S/C25H23FN6O2/c26-21-8-17(11-27)7-20(10-21)23-5-6-34-32(23)25(33)19-3-1-16(2-4-19)15-31-24-9-18(12-28)13-29-22(24)14-30-31/h7-10,13-14,16,19,23H,1-6,15H2/t16?,19?,23-/m0/s1. The summed E-state index contributed by atoms with van der Waals surface area (Å²) in [4.78, 5) is 23.2. The van der Waals surface area contributed by atoms with Crippen LogP contribution in [0.2, 0.25) is 0 Å². The minimum Gasteiger partial charge on any atom is -0.272 e. The van der Waals surface area contributed by atoms with E-state index in [1.165, 1.54) is 17.2 Å². The second-order valence-electron chi connectivity index (χ2n) is 8.97. The predicted molar refractivity (Wildman–Crippen MR) is 119 cm³/mol. The lowest BCUT2D eigenvalue weighted by Crippen LogP contribution is -2.37. The minimum absolute atomic E-state index is 0.0730. The van der Waals surface area contributed by atoms with Crippen LogP contribution >= 0.6 is 0 Å². The van der Waals surface area contributed by atoms with Crippen LogP contribution in [0, 0.1) is 40.3 Å². The van der Waals surface area contributed by atoms with Gasteiger partial charge in [0.1, 0.15) is 17.4 Å². The van der Waals surface area contributed by atoms with Crippen molar-refractivity contribution in [3.63, 3.8) is 0 Å². The van der Waals surface area contributed by atoms with E-state index in [9.17, 15) is 9.18 Å². The first-order chi connectivity index (χ1) is 16.6. The van der Waals surface area contributed by atoms with E-state index in [1.54, 1.807) is 24.5 Å². The van der Waals surface area contributed by atoms with E-state index in [0.29, 0.717) is 36.6 Å². The number of nitrogens with zero attached hydrogens (tertiary/aromatic N) is 6. The number of nitriles is 2. The second-order valence-corrected chi connectivity index (χ2v) is 8.97. The van der Waals surface area contributed by atoms with Gasteiger partial charge >= 0.3 is 0 Å². The van der Waals surface area contributed by atoms with Gasteiger partial charge in [0, 0.05) is 25.1 Å². The van der Waals surface area contributed by atoms with E-state index in [0.717, 1.165) is 36.7 Å². The number of benzene rings is 1. The molecule has 8 nitrogen and oxygen atoms in total. The van der Waals surface area contributed by atoms with Gasteiger partial charge in [-0.1, -0.05) is 0 Å². The van der Waals surface area contributed by atoms with Crippen molar-refractivity contribution < 1.29 is 14.0 Å². The maximum Gasteiger partial charge on any atom is 0.249 e. The van der Waals surface area contributed by atoms with Crippen LogP contribution in [0.4, 0.5) is 4.39 Å². The maximum absolute atomic E-state index is 14.0. The zero-order valence-corrected chi connectivity index (χ0v) is 18.5. The van der Waals surface area contributed by atoms with Gasteiger partial charge in [0.25, 0.3) is 0 Å². The van der Waals surface area contributed by atoms with Crippen LogP contribution in [-0.2, 0) is 16.2 Å². The molecule has 2 aromatic heterocycles. The van der Waals surface area contributed by atoms with Gasteiger partial charge in [-0.2, -0.15) is 15.6 Å². The zero-order chi connectivity index (χ0) is 23.7. The fourth-order valence-corrected chi connectivity index (χ4v) is 5.04. The number of hydroxylamine groups is 2. The van der Waals surface area contributed by atoms with Crippen LogP contribution in [0.5, 0.6) is 0 Å². The van der Waals surface area contributed by atoms with Gasteiger partial charge in [-0.3, -0.25) is 19.3 Å².